The number of nitrogens with zero attached hydrogens (tertiary/aromatic N) is 3. The molecule has 9 heteroatoms. The molecule has 40 heavy (non-hydrogen) atoms. The molecular weight excluding hydrogens is 524 g/mol. The van der Waals surface area contributed by atoms with E-state index in [-0.39, 0.29) is 28.3 Å². The van der Waals surface area contributed by atoms with E-state index in [9.17, 15) is 13.2 Å². The van der Waals surface area contributed by atoms with Gasteiger partial charge in [-0.05, 0) is 117 Å². The number of hydrogen-bond acceptors (Lipinski definition) is 7. The van der Waals surface area contributed by atoms with E-state index >= 15 is 0 Å². The van der Waals surface area contributed by atoms with Crippen LogP contribution >= 0.6 is 0 Å². The Bertz CT molecular complexity index is 1400. The van der Waals surface area contributed by atoms with E-state index in [1.807, 2.05) is 0 Å². The Hall–Kier alpha value is -2.81. The Balaban J connectivity index is 1.17. The first-order valence-electron chi connectivity index (χ1n) is 14.7. The Kier molecular flexibility index (Phi) is 7.00. The van der Waals surface area contributed by atoms with Gasteiger partial charge < -0.3 is 4.74 Å². The molecule has 0 saturated heterocycles. The number of fused-ring (bicyclic) bond motifs is 5. The highest BCUT2D eigenvalue weighted by Gasteiger charge is 2.59. The zero-order valence-electron chi connectivity index (χ0n) is 23.7. The van der Waals surface area contributed by atoms with Crippen molar-refractivity contribution in [2.45, 2.75) is 89.6 Å². The summed E-state index contributed by atoms with van der Waals surface area (Å²) < 4.78 is 33.6. The van der Waals surface area contributed by atoms with E-state index in [2.05, 4.69) is 28.5 Å². The van der Waals surface area contributed by atoms with Crippen LogP contribution in [-0.4, -0.2) is 36.2 Å². The standard InChI is InChI=1S/C31H40N4O4S/c1-20(36)39-23-13-15-30(2)21(19-23)5-10-25-26-11-12-28(31(26,3)16-14-27(25)30)34-22-6-8-24(9-7-22)40(37,38)35-29-32-17-4-18-33-29/h4,6-9,17-18,21,23,25-27H,5,10-16,19H2,1-3H3,(H,32,33,35)/t21-,23-,25-,26-,27-,30-,31-/m0/s1. The lowest BCUT2D eigenvalue weighted by atomic mass is 9.45. The zero-order chi connectivity index (χ0) is 28.1. The summed E-state index contributed by atoms with van der Waals surface area (Å²) in [5.41, 5.74) is 2.50. The first-order chi connectivity index (χ1) is 19.1. The van der Waals surface area contributed by atoms with Gasteiger partial charge in [0.15, 0.2) is 0 Å². The number of aliphatic imine (C=N–C) groups is 1. The first kappa shape index (κ1) is 27.4. The fraction of sp³-hybridized carbons (Fsp3) is 0.613. The molecule has 1 aromatic heterocycles. The molecule has 1 N–H and O–H groups in total. The maximum atomic E-state index is 12.8. The van der Waals surface area contributed by atoms with Gasteiger partial charge in [0.25, 0.3) is 10.0 Å². The highest BCUT2D eigenvalue weighted by Crippen LogP contribution is 2.65. The molecule has 7 atom stereocenters. The molecule has 0 unspecified atom stereocenters. The highest BCUT2D eigenvalue weighted by atomic mass is 32.2. The number of carbonyl (C=O) groups is 1. The average Bonchev–Trinajstić information content (AvgIpc) is 3.25. The molecule has 0 radical (unpaired) electrons. The summed E-state index contributed by atoms with van der Waals surface area (Å²) in [6, 6.07) is 8.43. The minimum absolute atomic E-state index is 0.0488. The third kappa shape index (κ3) is 4.84. The molecule has 4 saturated carbocycles. The molecule has 4 aliphatic carbocycles. The van der Waals surface area contributed by atoms with E-state index < -0.39 is 10.0 Å². The van der Waals surface area contributed by atoms with E-state index in [0.29, 0.717) is 17.3 Å². The topological polar surface area (TPSA) is 111 Å². The van der Waals surface area contributed by atoms with Crippen LogP contribution in [0.5, 0.6) is 0 Å². The number of aromatic nitrogens is 2. The van der Waals surface area contributed by atoms with Gasteiger partial charge in [-0.2, -0.15) is 0 Å². The summed E-state index contributed by atoms with van der Waals surface area (Å²) >= 11 is 0. The summed E-state index contributed by atoms with van der Waals surface area (Å²) in [6.07, 6.45) is 13.3. The quantitative estimate of drug-likeness (QED) is 0.425. The minimum atomic E-state index is -3.77. The number of hydrogen-bond donors (Lipinski definition) is 1. The number of benzene rings is 1. The van der Waals surface area contributed by atoms with Crippen LogP contribution in [0.2, 0.25) is 0 Å². The van der Waals surface area contributed by atoms with Crippen LogP contribution < -0.4 is 4.72 Å². The summed E-state index contributed by atoms with van der Waals surface area (Å²) in [6.45, 7) is 6.48. The van der Waals surface area contributed by atoms with Crippen LogP contribution in [0.25, 0.3) is 0 Å². The predicted molar refractivity (Wildman–Crippen MR) is 154 cm³/mol. The van der Waals surface area contributed by atoms with E-state index in [1.165, 1.54) is 50.7 Å². The Morgan fingerprint density at radius 3 is 2.48 bits per heavy atom. The van der Waals surface area contributed by atoms with Gasteiger partial charge in [0.2, 0.25) is 5.95 Å². The van der Waals surface area contributed by atoms with Crippen molar-refractivity contribution < 1.29 is 17.9 Å². The second kappa shape index (κ2) is 10.2. The number of esters is 1. The summed E-state index contributed by atoms with van der Waals surface area (Å²) in [5.74, 6) is 2.63. The number of anilines is 1. The lowest BCUT2D eigenvalue weighted by Crippen LogP contribution is -2.54. The van der Waals surface area contributed by atoms with Gasteiger partial charge in [-0.15, -0.1) is 0 Å². The first-order valence-corrected chi connectivity index (χ1v) is 16.2. The second-order valence-electron chi connectivity index (χ2n) is 12.9. The lowest BCUT2D eigenvalue weighted by Gasteiger charge is -2.60. The third-order valence-corrected chi connectivity index (χ3v) is 12.2. The van der Waals surface area contributed by atoms with Crippen molar-refractivity contribution in [3.63, 3.8) is 0 Å². The predicted octanol–water partition coefficient (Wildman–Crippen LogP) is 6.32. The SMILES string of the molecule is CC(=O)O[C@H]1CC[C@@]2(C)[C@@H](CC[C@@H]3[C@@H]2CC[C@]2(C)C(=Nc4ccc(S(=O)(=O)Nc5ncccn5)cc4)CC[C@@H]32)C1. The Morgan fingerprint density at radius 1 is 1.00 bits per heavy atom. The van der Waals surface area contributed by atoms with E-state index in [4.69, 9.17) is 9.73 Å². The highest BCUT2D eigenvalue weighted by molar-refractivity contribution is 7.92. The molecule has 1 aromatic carbocycles. The van der Waals surface area contributed by atoms with Crippen LogP contribution in [0.4, 0.5) is 11.6 Å². The van der Waals surface area contributed by atoms with Crippen molar-refractivity contribution in [2.24, 2.45) is 39.5 Å². The number of ether oxygens (including phenoxy) is 1. The number of rotatable bonds is 5. The summed E-state index contributed by atoms with van der Waals surface area (Å²) in [4.78, 5) is 24.7. The maximum Gasteiger partial charge on any atom is 0.302 e. The molecule has 214 valence electrons. The number of sulfonamides is 1. The van der Waals surface area contributed by atoms with Crippen LogP contribution in [0.15, 0.2) is 52.6 Å². The normalized spacial score (nSPS) is 36.3. The molecule has 0 amide bonds. The second-order valence-corrected chi connectivity index (χ2v) is 14.6. The van der Waals surface area contributed by atoms with Gasteiger partial charge in [-0.25, -0.2) is 23.1 Å². The van der Waals surface area contributed by atoms with Gasteiger partial charge in [0, 0.05) is 30.4 Å². The molecule has 4 fully saturated rings. The monoisotopic (exact) mass is 564 g/mol. The molecule has 8 nitrogen and oxygen atoms in total. The van der Waals surface area contributed by atoms with Gasteiger partial charge in [0.05, 0.1) is 10.6 Å². The van der Waals surface area contributed by atoms with Gasteiger partial charge in [-0.3, -0.25) is 9.79 Å². The largest absolute Gasteiger partial charge is 0.463 e. The summed E-state index contributed by atoms with van der Waals surface area (Å²) in [7, 11) is -3.77. The van der Waals surface area contributed by atoms with Crippen molar-refractivity contribution >= 4 is 33.3 Å². The fourth-order valence-corrected chi connectivity index (χ4v) is 9.88. The number of carbonyl (C=O) groups excluding carboxylic acids is 1. The van der Waals surface area contributed by atoms with Crippen molar-refractivity contribution in [1.29, 1.82) is 0 Å². The Morgan fingerprint density at radius 2 is 1.75 bits per heavy atom. The van der Waals surface area contributed by atoms with E-state index in [1.54, 1.807) is 30.3 Å². The third-order valence-electron chi connectivity index (χ3n) is 10.9. The van der Waals surface area contributed by atoms with Crippen LogP contribution in [-0.2, 0) is 19.6 Å². The molecule has 4 aliphatic rings. The molecule has 6 rings (SSSR count). The zero-order valence-corrected chi connectivity index (χ0v) is 24.5. The van der Waals surface area contributed by atoms with Crippen molar-refractivity contribution in [2.75, 3.05) is 4.72 Å². The minimum Gasteiger partial charge on any atom is -0.463 e. The molecular formula is C31H40N4O4S. The maximum absolute atomic E-state index is 12.8. The van der Waals surface area contributed by atoms with Crippen molar-refractivity contribution in [3.05, 3.63) is 42.7 Å². The van der Waals surface area contributed by atoms with Crippen molar-refractivity contribution in [1.82, 2.24) is 9.97 Å². The van der Waals surface area contributed by atoms with Crippen molar-refractivity contribution in [3.8, 4) is 0 Å². The van der Waals surface area contributed by atoms with Crippen LogP contribution in [0, 0.1) is 34.5 Å². The molecule has 0 aliphatic heterocycles. The number of nitrogens with one attached hydrogen (secondary N) is 1. The smallest absolute Gasteiger partial charge is 0.302 e. The van der Waals surface area contributed by atoms with Gasteiger partial charge in [-0.1, -0.05) is 13.8 Å². The van der Waals surface area contributed by atoms with Gasteiger partial charge in [0.1, 0.15) is 6.10 Å². The van der Waals surface area contributed by atoms with Crippen LogP contribution in [0.3, 0.4) is 0 Å². The molecule has 1 heterocycles. The lowest BCUT2D eigenvalue weighted by molar-refractivity contribution is -0.158. The van der Waals surface area contributed by atoms with Gasteiger partial charge >= 0.3 is 5.97 Å². The molecule has 0 bridgehead atoms. The van der Waals surface area contributed by atoms with Crippen LogP contribution in [0.1, 0.15) is 78.6 Å². The Labute approximate surface area is 237 Å². The summed E-state index contributed by atoms with van der Waals surface area (Å²) in [5, 5.41) is 0. The molecule has 0 spiro atoms. The van der Waals surface area contributed by atoms with E-state index in [0.717, 1.165) is 49.6 Å². The fourth-order valence-electron chi connectivity index (χ4n) is 8.92. The molecule has 2 aromatic rings. The average molecular weight is 565 g/mol.